The highest BCUT2D eigenvalue weighted by Crippen LogP contribution is 2.30. The first-order chi connectivity index (χ1) is 8.16. The van der Waals surface area contributed by atoms with Gasteiger partial charge < -0.3 is 5.32 Å². The molecule has 2 rings (SSSR count). The van der Waals surface area contributed by atoms with Crippen molar-refractivity contribution in [3.8, 4) is 0 Å². The molecule has 1 N–H and O–H groups in total. The summed E-state index contributed by atoms with van der Waals surface area (Å²) < 4.78 is 0. The Balaban J connectivity index is 1.92. The van der Waals surface area contributed by atoms with Crippen molar-refractivity contribution in [2.24, 2.45) is 15.9 Å². The molecule has 0 saturated heterocycles. The van der Waals surface area contributed by atoms with Crippen LogP contribution in [0.5, 0.6) is 0 Å². The van der Waals surface area contributed by atoms with E-state index in [1.54, 1.807) is 0 Å². The van der Waals surface area contributed by atoms with E-state index in [1.165, 1.54) is 31.4 Å². The van der Waals surface area contributed by atoms with Gasteiger partial charge in [-0.2, -0.15) is 0 Å². The van der Waals surface area contributed by atoms with Crippen LogP contribution in [0.25, 0.3) is 0 Å². The Labute approximate surface area is 105 Å². The second-order valence-corrected chi connectivity index (χ2v) is 5.62. The van der Waals surface area contributed by atoms with Crippen LogP contribution in [0.1, 0.15) is 52.9 Å². The molecule has 0 spiro atoms. The number of amidine groups is 1. The minimum atomic E-state index is 0.537. The largest absolute Gasteiger partial charge is 0.314 e. The zero-order valence-electron chi connectivity index (χ0n) is 11.4. The molecule has 0 aromatic carbocycles. The Morgan fingerprint density at radius 3 is 2.82 bits per heavy atom. The molecule has 1 aliphatic carbocycles. The number of fused-ring (bicyclic) bond motifs is 1. The van der Waals surface area contributed by atoms with Gasteiger partial charge in [-0.1, -0.05) is 26.7 Å². The zero-order chi connectivity index (χ0) is 12.3. The van der Waals surface area contributed by atoms with Gasteiger partial charge in [-0.05, 0) is 19.8 Å². The summed E-state index contributed by atoms with van der Waals surface area (Å²) in [5, 5.41) is 3.43. The van der Waals surface area contributed by atoms with E-state index in [9.17, 15) is 0 Å². The summed E-state index contributed by atoms with van der Waals surface area (Å²) in [6.45, 7) is 7.53. The van der Waals surface area contributed by atoms with E-state index in [2.05, 4.69) is 26.1 Å². The third kappa shape index (κ3) is 3.38. The van der Waals surface area contributed by atoms with Crippen LogP contribution in [0, 0.1) is 5.92 Å². The van der Waals surface area contributed by atoms with Gasteiger partial charge >= 0.3 is 0 Å². The molecule has 2 atom stereocenters. The third-order valence-electron chi connectivity index (χ3n) is 3.79. The van der Waals surface area contributed by atoms with Gasteiger partial charge in [0.25, 0.3) is 0 Å². The molecule has 0 aromatic heterocycles. The van der Waals surface area contributed by atoms with E-state index in [4.69, 9.17) is 9.98 Å². The smallest absolute Gasteiger partial charge is 0.124 e. The van der Waals surface area contributed by atoms with Crippen LogP contribution >= 0.6 is 0 Å². The number of nitrogens with one attached hydrogen (secondary N) is 1. The van der Waals surface area contributed by atoms with Crippen molar-refractivity contribution in [2.75, 3.05) is 6.54 Å². The van der Waals surface area contributed by atoms with E-state index in [-0.39, 0.29) is 0 Å². The van der Waals surface area contributed by atoms with E-state index in [1.807, 2.05) is 0 Å². The average Bonchev–Trinajstić information content (AvgIpc) is 2.28. The van der Waals surface area contributed by atoms with E-state index >= 15 is 0 Å². The first-order valence-electron chi connectivity index (χ1n) is 7.02. The van der Waals surface area contributed by atoms with E-state index < -0.39 is 0 Å². The lowest BCUT2D eigenvalue weighted by Gasteiger charge is -2.32. The highest BCUT2D eigenvalue weighted by Gasteiger charge is 2.29. The molecule has 1 aliphatic heterocycles. The highest BCUT2D eigenvalue weighted by atomic mass is 15.0. The molecule has 1 heterocycles. The third-order valence-corrected chi connectivity index (χ3v) is 3.79. The molecule has 96 valence electrons. The lowest BCUT2D eigenvalue weighted by molar-refractivity contribution is 0.377. The predicted molar refractivity (Wildman–Crippen MR) is 74.0 cm³/mol. The lowest BCUT2D eigenvalue weighted by Crippen LogP contribution is -2.34. The molecule has 2 unspecified atom stereocenters. The molecule has 17 heavy (non-hydrogen) atoms. The fourth-order valence-corrected chi connectivity index (χ4v) is 2.85. The summed E-state index contributed by atoms with van der Waals surface area (Å²) in [4.78, 5) is 9.53. The summed E-state index contributed by atoms with van der Waals surface area (Å²) in [5.41, 5.74) is 1.32. The van der Waals surface area contributed by atoms with Gasteiger partial charge in [-0.25, -0.2) is 4.99 Å². The molecule has 0 amide bonds. The maximum atomic E-state index is 4.84. The van der Waals surface area contributed by atoms with Gasteiger partial charge in [0.15, 0.2) is 0 Å². The van der Waals surface area contributed by atoms with Gasteiger partial charge in [0.05, 0.1) is 6.04 Å². The minimum Gasteiger partial charge on any atom is -0.314 e. The number of hydrogen-bond donors (Lipinski definition) is 1. The molecule has 2 aliphatic rings. The van der Waals surface area contributed by atoms with Crippen LogP contribution in [0.4, 0.5) is 0 Å². The summed E-state index contributed by atoms with van der Waals surface area (Å²) >= 11 is 0. The Morgan fingerprint density at radius 2 is 2.06 bits per heavy atom. The summed E-state index contributed by atoms with van der Waals surface area (Å²) in [5.74, 6) is 1.71. The number of nitrogens with zero attached hydrogens (tertiary/aromatic N) is 2. The van der Waals surface area contributed by atoms with Crippen molar-refractivity contribution in [2.45, 2.75) is 65.0 Å². The van der Waals surface area contributed by atoms with E-state index in [0.29, 0.717) is 18.0 Å². The van der Waals surface area contributed by atoms with Crippen molar-refractivity contribution >= 4 is 11.5 Å². The van der Waals surface area contributed by atoms with Gasteiger partial charge in [-0.3, -0.25) is 4.99 Å². The Morgan fingerprint density at radius 1 is 1.29 bits per heavy atom. The summed E-state index contributed by atoms with van der Waals surface area (Å²) in [6.07, 6.45) is 6.22. The summed E-state index contributed by atoms with van der Waals surface area (Å²) in [7, 11) is 0. The quantitative estimate of drug-likeness (QED) is 0.799. The maximum Gasteiger partial charge on any atom is 0.124 e. The predicted octanol–water partition coefficient (Wildman–Crippen LogP) is 2.81. The lowest BCUT2D eigenvalue weighted by atomic mass is 9.81. The van der Waals surface area contributed by atoms with Crippen LogP contribution in [0.2, 0.25) is 0 Å². The van der Waals surface area contributed by atoms with Crippen LogP contribution in [-0.4, -0.2) is 30.2 Å². The van der Waals surface area contributed by atoms with Crippen molar-refractivity contribution in [1.29, 1.82) is 0 Å². The van der Waals surface area contributed by atoms with Crippen molar-refractivity contribution in [1.82, 2.24) is 5.32 Å². The average molecular weight is 235 g/mol. The molecule has 3 heteroatoms. The molecule has 1 saturated carbocycles. The standard InChI is InChI=1S/C14H25N3/c1-10(2)15-9-8-14-16-11(3)12-6-4-5-7-13(12)17-14/h10,12-13,15H,4-9H2,1-3H3. The fraction of sp³-hybridized carbons (Fsp3) is 0.857. The Bertz CT molecular complexity index is 317. The second-order valence-electron chi connectivity index (χ2n) is 5.62. The normalized spacial score (nSPS) is 28.7. The molecule has 3 nitrogen and oxygen atoms in total. The number of hydrogen-bond acceptors (Lipinski definition) is 3. The topological polar surface area (TPSA) is 36.8 Å². The van der Waals surface area contributed by atoms with Crippen molar-refractivity contribution < 1.29 is 0 Å². The van der Waals surface area contributed by atoms with Gasteiger partial charge in [-0.15, -0.1) is 0 Å². The van der Waals surface area contributed by atoms with Crippen molar-refractivity contribution in [3.05, 3.63) is 0 Å². The summed E-state index contributed by atoms with van der Waals surface area (Å²) in [6, 6.07) is 1.09. The van der Waals surface area contributed by atoms with Crippen LogP contribution in [-0.2, 0) is 0 Å². The van der Waals surface area contributed by atoms with Crippen LogP contribution in [0.15, 0.2) is 9.98 Å². The Hall–Kier alpha value is -0.700. The molecule has 0 radical (unpaired) electrons. The number of rotatable bonds is 4. The van der Waals surface area contributed by atoms with Crippen molar-refractivity contribution in [3.63, 3.8) is 0 Å². The van der Waals surface area contributed by atoms with Crippen LogP contribution in [0.3, 0.4) is 0 Å². The van der Waals surface area contributed by atoms with Gasteiger partial charge in [0, 0.05) is 30.6 Å². The van der Waals surface area contributed by atoms with Crippen LogP contribution < -0.4 is 5.32 Å². The Kier molecular flexibility index (Phi) is 4.32. The number of aliphatic imine (C=N–C) groups is 2. The SMILES string of the molecule is CC1=NC(CCNC(C)C)=NC2CCCCC12. The van der Waals surface area contributed by atoms with Gasteiger partial charge in [0.1, 0.15) is 5.84 Å². The first-order valence-corrected chi connectivity index (χ1v) is 7.02. The molecule has 1 fully saturated rings. The first kappa shape index (κ1) is 12.7. The minimum absolute atomic E-state index is 0.537. The maximum absolute atomic E-state index is 4.84. The monoisotopic (exact) mass is 235 g/mol. The molecule has 0 bridgehead atoms. The second kappa shape index (κ2) is 5.76. The molecule has 0 aromatic rings. The van der Waals surface area contributed by atoms with E-state index in [0.717, 1.165) is 18.8 Å². The highest BCUT2D eigenvalue weighted by molar-refractivity contribution is 6.00. The molecular weight excluding hydrogens is 210 g/mol. The molecular formula is C14H25N3. The fourth-order valence-electron chi connectivity index (χ4n) is 2.85. The zero-order valence-corrected chi connectivity index (χ0v) is 11.4. The van der Waals surface area contributed by atoms with Gasteiger partial charge in [0.2, 0.25) is 0 Å².